The van der Waals surface area contributed by atoms with Gasteiger partial charge in [0, 0.05) is 36.7 Å². The molecule has 1 N–H and O–H groups in total. The highest BCUT2D eigenvalue weighted by Crippen LogP contribution is 2.24. The minimum atomic E-state index is -0.930. The van der Waals surface area contributed by atoms with Gasteiger partial charge in [0.2, 0.25) is 0 Å². The number of benzene rings is 1. The van der Waals surface area contributed by atoms with Crippen LogP contribution in [0.2, 0.25) is 0 Å². The number of aryl methyl sites for hydroxylation is 1. The Balaban J connectivity index is 2.35. The Morgan fingerprint density at radius 1 is 1.19 bits per heavy atom. The van der Waals surface area contributed by atoms with Crippen molar-refractivity contribution in [3.8, 4) is 0 Å². The van der Waals surface area contributed by atoms with E-state index in [0.717, 1.165) is 0 Å². The van der Waals surface area contributed by atoms with Crippen molar-refractivity contribution < 1.29 is 13.2 Å². The van der Waals surface area contributed by atoms with Crippen LogP contribution in [0.25, 0.3) is 0 Å². The molecule has 0 saturated heterocycles. The third-order valence-corrected chi connectivity index (χ3v) is 3.22. The summed E-state index contributed by atoms with van der Waals surface area (Å²) >= 11 is 0. The average molecular weight is 298 g/mol. The van der Waals surface area contributed by atoms with Crippen LogP contribution in [0.4, 0.5) is 13.2 Å². The molecule has 1 unspecified atom stereocenters. The molecule has 1 aromatic carbocycles. The van der Waals surface area contributed by atoms with Crippen LogP contribution in [0.5, 0.6) is 0 Å². The van der Waals surface area contributed by atoms with Gasteiger partial charge in [-0.25, -0.2) is 18.2 Å². The lowest BCUT2D eigenvalue weighted by Crippen LogP contribution is -2.26. The first kappa shape index (κ1) is 15.5. The van der Waals surface area contributed by atoms with E-state index < -0.39 is 23.5 Å². The van der Waals surface area contributed by atoms with Crippen LogP contribution in [0.1, 0.15) is 31.3 Å². The molecule has 0 spiro atoms. The largest absolute Gasteiger partial charge is 0.310 e. The van der Waals surface area contributed by atoms with E-state index in [1.165, 1.54) is 6.33 Å². The van der Waals surface area contributed by atoms with Gasteiger partial charge in [-0.15, -0.1) is 0 Å². The molecular weight excluding hydrogens is 281 g/mol. The molecule has 0 fully saturated rings. The highest BCUT2D eigenvalue weighted by Gasteiger charge is 2.23. The Kier molecular flexibility index (Phi) is 4.95. The molecule has 0 radical (unpaired) electrons. The van der Waals surface area contributed by atoms with Gasteiger partial charge < -0.3 is 5.32 Å². The van der Waals surface area contributed by atoms with Gasteiger partial charge in [0.1, 0.15) is 29.6 Å². The minimum absolute atomic E-state index is 0.177. The summed E-state index contributed by atoms with van der Waals surface area (Å²) in [6.07, 6.45) is 1.67. The first-order chi connectivity index (χ1) is 10.1. The van der Waals surface area contributed by atoms with Gasteiger partial charge in [-0.05, 0) is 13.5 Å². The van der Waals surface area contributed by atoms with E-state index >= 15 is 0 Å². The third-order valence-electron chi connectivity index (χ3n) is 3.22. The summed E-state index contributed by atoms with van der Waals surface area (Å²) in [5.41, 5.74) is -0.177. The van der Waals surface area contributed by atoms with Crippen molar-refractivity contribution in [2.24, 2.45) is 0 Å². The van der Waals surface area contributed by atoms with Crippen LogP contribution in [0, 0.1) is 17.5 Å². The van der Waals surface area contributed by atoms with Crippen molar-refractivity contribution in [3.05, 3.63) is 47.3 Å². The van der Waals surface area contributed by atoms with Crippen molar-refractivity contribution in [3.63, 3.8) is 0 Å². The predicted molar refractivity (Wildman–Crippen MR) is 72.1 cm³/mol. The van der Waals surface area contributed by atoms with Gasteiger partial charge in [0.25, 0.3) is 0 Å². The van der Waals surface area contributed by atoms with E-state index in [-0.39, 0.29) is 12.0 Å². The maximum absolute atomic E-state index is 13.9. The van der Waals surface area contributed by atoms with Crippen LogP contribution in [-0.4, -0.2) is 21.3 Å². The Bertz CT molecular complexity index is 589. The van der Waals surface area contributed by atoms with Crippen molar-refractivity contribution in [1.29, 1.82) is 0 Å². The lowest BCUT2D eigenvalue weighted by molar-refractivity contribution is 0.449. The highest BCUT2D eigenvalue weighted by molar-refractivity contribution is 5.25. The molecule has 4 nitrogen and oxygen atoms in total. The molecule has 21 heavy (non-hydrogen) atoms. The summed E-state index contributed by atoms with van der Waals surface area (Å²) in [6.45, 7) is 4.86. The molecule has 0 aliphatic heterocycles. The number of aromatic nitrogens is 3. The lowest BCUT2D eigenvalue weighted by Gasteiger charge is -2.19. The Labute approximate surface area is 121 Å². The van der Waals surface area contributed by atoms with Crippen LogP contribution < -0.4 is 5.32 Å². The molecule has 114 valence electrons. The molecule has 2 rings (SSSR count). The van der Waals surface area contributed by atoms with E-state index in [1.54, 1.807) is 4.68 Å². The summed E-state index contributed by atoms with van der Waals surface area (Å²) in [5, 5.41) is 7.04. The molecule has 0 aliphatic rings. The monoisotopic (exact) mass is 298 g/mol. The molecule has 0 aliphatic carbocycles. The molecule has 1 atom stereocenters. The molecule has 2 aromatic rings. The van der Waals surface area contributed by atoms with Gasteiger partial charge in [0.05, 0.1) is 0 Å². The zero-order chi connectivity index (χ0) is 15.4. The number of nitrogens with zero attached hydrogens (tertiary/aromatic N) is 3. The zero-order valence-corrected chi connectivity index (χ0v) is 11.9. The normalized spacial score (nSPS) is 12.6. The fourth-order valence-corrected chi connectivity index (χ4v) is 2.30. The smallest absolute Gasteiger partial charge is 0.138 e. The topological polar surface area (TPSA) is 42.7 Å². The zero-order valence-electron chi connectivity index (χ0n) is 11.9. The van der Waals surface area contributed by atoms with Gasteiger partial charge in [-0.1, -0.05) is 6.92 Å². The molecule has 0 saturated carbocycles. The second-order valence-electron chi connectivity index (χ2n) is 4.59. The first-order valence-electron chi connectivity index (χ1n) is 6.81. The number of halogens is 3. The predicted octanol–water partition coefficient (Wildman–Crippen LogP) is 2.61. The van der Waals surface area contributed by atoms with Crippen LogP contribution in [-0.2, 0) is 13.0 Å². The molecule has 7 heteroatoms. The fourth-order valence-electron chi connectivity index (χ4n) is 2.30. The maximum Gasteiger partial charge on any atom is 0.138 e. The summed E-state index contributed by atoms with van der Waals surface area (Å²) in [4.78, 5) is 4.10. The summed E-state index contributed by atoms with van der Waals surface area (Å²) in [6, 6.07) is 0.741. The van der Waals surface area contributed by atoms with Gasteiger partial charge in [-0.3, -0.25) is 4.68 Å². The van der Waals surface area contributed by atoms with E-state index in [1.807, 2.05) is 13.8 Å². The summed E-state index contributed by atoms with van der Waals surface area (Å²) in [5.74, 6) is -2.12. The number of hydrogen-bond acceptors (Lipinski definition) is 3. The first-order valence-corrected chi connectivity index (χ1v) is 6.81. The minimum Gasteiger partial charge on any atom is -0.310 e. The van der Waals surface area contributed by atoms with E-state index in [0.29, 0.717) is 31.0 Å². The third kappa shape index (κ3) is 3.41. The number of hydrogen-bond donors (Lipinski definition) is 1. The fraction of sp³-hybridized carbons (Fsp3) is 0.429. The molecular formula is C14H17F3N4. The SMILES string of the molecule is CCNC(Cc1ncnn1CC)c1c(F)cc(F)cc1F. The van der Waals surface area contributed by atoms with Gasteiger partial charge in [0.15, 0.2) is 0 Å². The van der Waals surface area contributed by atoms with Gasteiger partial charge >= 0.3 is 0 Å². The van der Waals surface area contributed by atoms with Crippen molar-refractivity contribution in [2.45, 2.75) is 32.9 Å². The van der Waals surface area contributed by atoms with Crippen molar-refractivity contribution in [1.82, 2.24) is 20.1 Å². The van der Waals surface area contributed by atoms with Gasteiger partial charge in [-0.2, -0.15) is 5.10 Å². The molecule has 0 amide bonds. The van der Waals surface area contributed by atoms with Crippen molar-refractivity contribution >= 4 is 0 Å². The Hall–Kier alpha value is -1.89. The maximum atomic E-state index is 13.9. The molecule has 1 aromatic heterocycles. The summed E-state index contributed by atoms with van der Waals surface area (Å²) < 4.78 is 42.5. The van der Waals surface area contributed by atoms with E-state index in [9.17, 15) is 13.2 Å². The van der Waals surface area contributed by atoms with Crippen LogP contribution in [0.3, 0.4) is 0 Å². The average Bonchev–Trinajstić information content (AvgIpc) is 2.85. The van der Waals surface area contributed by atoms with Crippen LogP contribution >= 0.6 is 0 Å². The Morgan fingerprint density at radius 3 is 2.43 bits per heavy atom. The number of nitrogens with one attached hydrogen (secondary N) is 1. The Morgan fingerprint density at radius 2 is 1.86 bits per heavy atom. The number of likely N-dealkylation sites (N-methyl/N-ethyl adjacent to an activating group) is 1. The van der Waals surface area contributed by atoms with E-state index in [2.05, 4.69) is 15.4 Å². The van der Waals surface area contributed by atoms with E-state index in [4.69, 9.17) is 0 Å². The van der Waals surface area contributed by atoms with Crippen LogP contribution in [0.15, 0.2) is 18.5 Å². The quantitative estimate of drug-likeness (QED) is 0.891. The molecule has 1 heterocycles. The highest BCUT2D eigenvalue weighted by atomic mass is 19.1. The second kappa shape index (κ2) is 6.71. The number of rotatable bonds is 6. The summed E-state index contributed by atoms with van der Waals surface area (Å²) in [7, 11) is 0. The lowest BCUT2D eigenvalue weighted by atomic mass is 10.0. The second-order valence-corrected chi connectivity index (χ2v) is 4.59. The van der Waals surface area contributed by atoms with Crippen molar-refractivity contribution in [2.75, 3.05) is 6.54 Å². The standard InChI is InChI=1S/C14H17F3N4/c1-3-18-12(7-13-19-8-20-21(13)4-2)14-10(16)5-9(15)6-11(14)17/h5-6,8,12,18H,3-4,7H2,1-2H3. The molecule has 0 bridgehead atoms.